The van der Waals surface area contributed by atoms with Gasteiger partial charge in [-0.3, -0.25) is 19.2 Å². The van der Waals surface area contributed by atoms with E-state index in [-0.39, 0.29) is 17.6 Å². The molecule has 172 valence electrons. The number of carbonyl (C=O) groups is 5. The standard InChI is InChI=1S/C18H32N4O7S/c1-5-9(4)14(22-16(26)13(19)8(2)3)17(27)21-11(7-30)15(25)20-10(18(28)29)6-12(23)24/h8-11,13-14,30H,5-7,19H2,1-4H3,(H,20,25)(H,21,27)(H,22,26)(H,23,24)(H,28,29). The molecule has 12 heteroatoms. The molecular formula is C18H32N4O7S. The van der Waals surface area contributed by atoms with Gasteiger partial charge in [0, 0.05) is 5.75 Å². The van der Waals surface area contributed by atoms with Crippen LogP contribution in [-0.2, 0) is 24.0 Å². The lowest BCUT2D eigenvalue weighted by Gasteiger charge is -2.28. The quantitative estimate of drug-likeness (QED) is 0.174. The maximum Gasteiger partial charge on any atom is 0.326 e. The van der Waals surface area contributed by atoms with E-state index in [1.54, 1.807) is 20.8 Å². The number of rotatable bonds is 13. The third kappa shape index (κ3) is 8.99. The van der Waals surface area contributed by atoms with Crippen molar-refractivity contribution in [3.05, 3.63) is 0 Å². The van der Waals surface area contributed by atoms with Crippen molar-refractivity contribution in [2.45, 2.75) is 64.7 Å². The van der Waals surface area contributed by atoms with Crippen molar-refractivity contribution in [1.29, 1.82) is 0 Å². The van der Waals surface area contributed by atoms with Crippen LogP contribution in [0, 0.1) is 11.8 Å². The van der Waals surface area contributed by atoms with E-state index >= 15 is 0 Å². The molecule has 5 atom stereocenters. The zero-order valence-corrected chi connectivity index (χ0v) is 18.4. The molecule has 11 nitrogen and oxygen atoms in total. The maximum absolute atomic E-state index is 12.8. The number of hydrogen-bond donors (Lipinski definition) is 7. The molecule has 0 aromatic heterocycles. The number of carbonyl (C=O) groups excluding carboxylic acids is 3. The molecule has 0 spiro atoms. The third-order valence-corrected chi connectivity index (χ3v) is 4.99. The molecule has 0 heterocycles. The number of carboxylic acids is 2. The highest BCUT2D eigenvalue weighted by molar-refractivity contribution is 7.80. The smallest absolute Gasteiger partial charge is 0.326 e. The lowest BCUT2D eigenvalue weighted by atomic mass is 9.96. The van der Waals surface area contributed by atoms with Gasteiger partial charge in [-0.1, -0.05) is 34.1 Å². The van der Waals surface area contributed by atoms with Crippen molar-refractivity contribution >= 4 is 42.3 Å². The number of nitrogens with one attached hydrogen (secondary N) is 3. The lowest BCUT2D eigenvalue weighted by molar-refractivity contribution is -0.147. The fraction of sp³-hybridized carbons (Fsp3) is 0.722. The molecule has 5 unspecified atom stereocenters. The van der Waals surface area contributed by atoms with Crippen LogP contribution in [0.15, 0.2) is 0 Å². The first-order chi connectivity index (χ1) is 13.8. The van der Waals surface area contributed by atoms with Gasteiger partial charge in [0.25, 0.3) is 0 Å². The highest BCUT2D eigenvalue weighted by Crippen LogP contribution is 2.10. The first kappa shape index (κ1) is 27.7. The Kier molecular flexibility index (Phi) is 12.0. The zero-order valence-electron chi connectivity index (χ0n) is 17.5. The van der Waals surface area contributed by atoms with Gasteiger partial charge in [-0.15, -0.1) is 0 Å². The molecule has 3 amide bonds. The Morgan fingerprint density at radius 2 is 1.43 bits per heavy atom. The van der Waals surface area contributed by atoms with Crippen LogP contribution < -0.4 is 21.7 Å². The van der Waals surface area contributed by atoms with Crippen molar-refractivity contribution in [2.75, 3.05) is 5.75 Å². The molecule has 0 rings (SSSR count). The van der Waals surface area contributed by atoms with Crippen LogP contribution in [0.2, 0.25) is 0 Å². The van der Waals surface area contributed by atoms with E-state index in [1.165, 1.54) is 0 Å². The van der Waals surface area contributed by atoms with Crippen LogP contribution in [-0.4, -0.2) is 69.8 Å². The molecule has 0 aliphatic heterocycles. The van der Waals surface area contributed by atoms with E-state index in [0.29, 0.717) is 6.42 Å². The van der Waals surface area contributed by atoms with Gasteiger partial charge in [0.15, 0.2) is 0 Å². The molecule has 0 bridgehead atoms. The van der Waals surface area contributed by atoms with Crippen LogP contribution in [0.3, 0.4) is 0 Å². The summed E-state index contributed by atoms with van der Waals surface area (Å²) in [5.74, 6) is -5.61. The summed E-state index contributed by atoms with van der Waals surface area (Å²) in [7, 11) is 0. The van der Waals surface area contributed by atoms with Gasteiger partial charge < -0.3 is 31.9 Å². The number of aliphatic carboxylic acids is 2. The molecule has 0 aromatic rings. The molecule has 0 fully saturated rings. The van der Waals surface area contributed by atoms with Crippen LogP contribution in [0.4, 0.5) is 0 Å². The fourth-order valence-corrected chi connectivity index (χ4v) is 2.61. The molecule has 0 aliphatic rings. The van der Waals surface area contributed by atoms with Crippen LogP contribution in [0.5, 0.6) is 0 Å². The van der Waals surface area contributed by atoms with Gasteiger partial charge in [-0.05, 0) is 11.8 Å². The predicted octanol–water partition coefficient (Wildman–Crippen LogP) is -1.04. The van der Waals surface area contributed by atoms with Crippen molar-refractivity contribution in [3.63, 3.8) is 0 Å². The summed E-state index contributed by atoms with van der Waals surface area (Å²) >= 11 is 4.00. The lowest BCUT2D eigenvalue weighted by Crippen LogP contribution is -2.59. The fourth-order valence-electron chi connectivity index (χ4n) is 2.36. The molecular weight excluding hydrogens is 416 g/mol. The first-order valence-corrected chi connectivity index (χ1v) is 10.2. The largest absolute Gasteiger partial charge is 0.481 e. The van der Waals surface area contributed by atoms with Gasteiger partial charge in [0.1, 0.15) is 18.1 Å². The predicted molar refractivity (Wildman–Crippen MR) is 112 cm³/mol. The second kappa shape index (κ2) is 13.1. The van der Waals surface area contributed by atoms with Gasteiger partial charge in [0.2, 0.25) is 17.7 Å². The molecule has 0 saturated heterocycles. The summed E-state index contributed by atoms with van der Waals surface area (Å²) in [5.41, 5.74) is 5.82. The van der Waals surface area contributed by atoms with Gasteiger partial charge in [0.05, 0.1) is 12.5 Å². The molecule has 0 aliphatic carbocycles. The minimum Gasteiger partial charge on any atom is -0.481 e. The first-order valence-electron chi connectivity index (χ1n) is 9.57. The highest BCUT2D eigenvalue weighted by Gasteiger charge is 2.32. The Morgan fingerprint density at radius 3 is 1.83 bits per heavy atom. The second-order valence-electron chi connectivity index (χ2n) is 7.38. The summed E-state index contributed by atoms with van der Waals surface area (Å²) in [4.78, 5) is 59.3. The van der Waals surface area contributed by atoms with Gasteiger partial charge in [-0.2, -0.15) is 12.6 Å². The molecule has 0 aromatic carbocycles. The number of carboxylic acid groups (broad SMARTS) is 2. The van der Waals surface area contributed by atoms with Gasteiger partial charge >= 0.3 is 11.9 Å². The number of thiol groups is 1. The van der Waals surface area contributed by atoms with Crippen molar-refractivity contribution in [2.24, 2.45) is 17.6 Å². The van der Waals surface area contributed by atoms with Crippen LogP contribution in [0.25, 0.3) is 0 Å². The average molecular weight is 449 g/mol. The summed E-state index contributed by atoms with van der Waals surface area (Å²) in [6.45, 7) is 7.10. The van der Waals surface area contributed by atoms with E-state index < -0.39 is 60.2 Å². The van der Waals surface area contributed by atoms with Crippen LogP contribution >= 0.6 is 12.6 Å². The minimum atomic E-state index is -1.66. The van der Waals surface area contributed by atoms with Crippen molar-refractivity contribution in [1.82, 2.24) is 16.0 Å². The Hall–Kier alpha value is -2.34. The van der Waals surface area contributed by atoms with Crippen molar-refractivity contribution in [3.8, 4) is 0 Å². The Morgan fingerprint density at radius 1 is 0.900 bits per heavy atom. The van der Waals surface area contributed by atoms with Gasteiger partial charge in [-0.25, -0.2) is 4.79 Å². The minimum absolute atomic E-state index is 0.149. The molecule has 30 heavy (non-hydrogen) atoms. The number of amides is 3. The van der Waals surface area contributed by atoms with Crippen LogP contribution in [0.1, 0.15) is 40.5 Å². The maximum atomic E-state index is 12.8. The Bertz CT molecular complexity index is 644. The highest BCUT2D eigenvalue weighted by atomic mass is 32.1. The zero-order chi connectivity index (χ0) is 23.6. The summed E-state index contributed by atoms with van der Waals surface area (Å²) in [5, 5.41) is 24.9. The monoisotopic (exact) mass is 448 g/mol. The average Bonchev–Trinajstić information content (AvgIpc) is 2.67. The SMILES string of the molecule is CCC(C)C(NC(=O)C(N)C(C)C)C(=O)NC(CS)C(=O)NC(CC(=O)O)C(=O)O. The molecule has 0 radical (unpaired) electrons. The van der Waals surface area contributed by atoms with E-state index in [1.807, 2.05) is 6.92 Å². The summed E-state index contributed by atoms with van der Waals surface area (Å²) in [6.07, 6.45) is -0.278. The van der Waals surface area contributed by atoms with E-state index in [0.717, 1.165) is 0 Å². The topological polar surface area (TPSA) is 188 Å². The van der Waals surface area contributed by atoms with E-state index in [4.69, 9.17) is 15.9 Å². The Labute approximate surface area is 180 Å². The van der Waals surface area contributed by atoms with Crippen molar-refractivity contribution < 1.29 is 34.2 Å². The number of nitrogens with two attached hydrogens (primary N) is 1. The molecule has 7 N–H and O–H groups in total. The van der Waals surface area contributed by atoms with E-state index in [2.05, 4.69) is 28.6 Å². The summed E-state index contributed by atoms with van der Waals surface area (Å²) in [6, 6.07) is -4.69. The second-order valence-corrected chi connectivity index (χ2v) is 7.75. The number of hydrogen-bond acceptors (Lipinski definition) is 7. The normalized spacial score (nSPS) is 16.0. The van der Waals surface area contributed by atoms with E-state index in [9.17, 15) is 24.0 Å². The summed E-state index contributed by atoms with van der Waals surface area (Å²) < 4.78 is 0. The molecule has 0 saturated carbocycles. The Balaban J connectivity index is 5.32. The third-order valence-electron chi connectivity index (χ3n) is 4.62.